The normalized spacial score (nSPS) is 17.4. The van der Waals surface area contributed by atoms with E-state index in [1.165, 1.54) is 0 Å². The van der Waals surface area contributed by atoms with Gasteiger partial charge in [-0.3, -0.25) is 0 Å². The summed E-state index contributed by atoms with van der Waals surface area (Å²) in [7, 11) is 0. The molecule has 0 saturated carbocycles. The van der Waals surface area contributed by atoms with Gasteiger partial charge in [0, 0.05) is 5.92 Å². The van der Waals surface area contributed by atoms with Crippen LogP contribution in [0.5, 0.6) is 0 Å². The highest BCUT2D eigenvalue weighted by Gasteiger charge is 2.24. The van der Waals surface area contributed by atoms with Crippen LogP contribution < -0.4 is 5.73 Å². The van der Waals surface area contributed by atoms with Gasteiger partial charge in [-0.1, -0.05) is 6.92 Å². The molecule has 3 N–H and O–H groups in total. The lowest BCUT2D eigenvalue weighted by atomic mass is 10.0. The van der Waals surface area contributed by atoms with E-state index < -0.39 is 18.4 Å². The monoisotopic (exact) mass is 153 g/mol. The third kappa shape index (κ3) is 2.58. The van der Waals surface area contributed by atoms with E-state index in [0.29, 0.717) is 6.42 Å². The van der Waals surface area contributed by atoms with Crippen molar-refractivity contribution in [2.45, 2.75) is 25.9 Å². The van der Waals surface area contributed by atoms with E-state index in [1.54, 1.807) is 6.92 Å². The fourth-order valence-electron chi connectivity index (χ4n) is 0.753. The summed E-state index contributed by atoms with van der Waals surface area (Å²) in [5.74, 6) is -0.472. The van der Waals surface area contributed by atoms with Crippen molar-refractivity contribution in [1.82, 2.24) is 0 Å². The Labute approximate surface area is 59.0 Å². The highest BCUT2D eigenvalue weighted by molar-refractivity contribution is 4.69. The topological polar surface area (TPSA) is 46.2 Å². The third-order valence-electron chi connectivity index (χ3n) is 1.57. The molecule has 0 aliphatic heterocycles. The molecule has 0 spiro atoms. The van der Waals surface area contributed by atoms with Crippen molar-refractivity contribution in [2.24, 2.45) is 11.7 Å². The van der Waals surface area contributed by atoms with Gasteiger partial charge in [-0.25, -0.2) is 8.78 Å². The van der Waals surface area contributed by atoms with Crippen molar-refractivity contribution in [3.63, 3.8) is 0 Å². The Balaban J connectivity index is 3.76. The van der Waals surface area contributed by atoms with Crippen LogP contribution in [0.4, 0.5) is 8.78 Å². The van der Waals surface area contributed by atoms with Gasteiger partial charge in [0.15, 0.2) is 0 Å². The molecule has 0 rings (SSSR count). The molecule has 0 bridgehead atoms. The van der Waals surface area contributed by atoms with Gasteiger partial charge in [-0.05, 0) is 13.0 Å². The lowest BCUT2D eigenvalue weighted by Gasteiger charge is -2.18. The van der Waals surface area contributed by atoms with Gasteiger partial charge in [0.1, 0.15) is 6.10 Å². The van der Waals surface area contributed by atoms with Gasteiger partial charge in [0.05, 0.1) is 0 Å². The van der Waals surface area contributed by atoms with Crippen molar-refractivity contribution >= 4 is 0 Å². The fraction of sp³-hybridized carbons (Fsp3) is 1.00. The summed E-state index contributed by atoms with van der Waals surface area (Å²) in [6, 6.07) is 0. The summed E-state index contributed by atoms with van der Waals surface area (Å²) in [6.07, 6.45) is -3.74. The molecular formula is C6H13F2NO. The van der Waals surface area contributed by atoms with E-state index in [1.807, 2.05) is 0 Å². The molecule has 0 amide bonds. The van der Waals surface area contributed by atoms with Crippen LogP contribution in [0.2, 0.25) is 0 Å². The maximum Gasteiger partial charge on any atom is 0.264 e. The predicted octanol–water partition coefficient (Wildman–Crippen LogP) is 0.597. The van der Waals surface area contributed by atoms with Crippen LogP contribution >= 0.6 is 0 Å². The largest absolute Gasteiger partial charge is 0.387 e. The minimum absolute atomic E-state index is 0.113. The number of hydrogen-bond donors (Lipinski definition) is 2. The summed E-state index contributed by atoms with van der Waals surface area (Å²) in [4.78, 5) is 0. The van der Waals surface area contributed by atoms with Crippen molar-refractivity contribution in [3.8, 4) is 0 Å². The zero-order valence-corrected chi connectivity index (χ0v) is 5.93. The van der Waals surface area contributed by atoms with Crippen molar-refractivity contribution in [3.05, 3.63) is 0 Å². The SMILES string of the molecule is CCC(CN)C(O)C(F)F. The van der Waals surface area contributed by atoms with Gasteiger partial charge in [0.25, 0.3) is 6.43 Å². The molecule has 0 radical (unpaired) electrons. The summed E-state index contributed by atoms with van der Waals surface area (Å²) < 4.78 is 23.5. The smallest absolute Gasteiger partial charge is 0.264 e. The zero-order chi connectivity index (χ0) is 8.15. The van der Waals surface area contributed by atoms with E-state index >= 15 is 0 Å². The van der Waals surface area contributed by atoms with Crippen LogP contribution in [-0.4, -0.2) is 24.2 Å². The summed E-state index contributed by atoms with van der Waals surface area (Å²) in [5.41, 5.74) is 5.13. The molecule has 62 valence electrons. The van der Waals surface area contributed by atoms with E-state index in [4.69, 9.17) is 10.8 Å². The Hall–Kier alpha value is -0.220. The molecule has 0 aromatic heterocycles. The molecule has 0 aromatic carbocycles. The zero-order valence-electron chi connectivity index (χ0n) is 5.93. The average molecular weight is 153 g/mol. The van der Waals surface area contributed by atoms with E-state index in [9.17, 15) is 8.78 Å². The minimum Gasteiger partial charge on any atom is -0.387 e. The average Bonchev–Trinajstić information content (AvgIpc) is 1.90. The first-order valence-electron chi connectivity index (χ1n) is 3.29. The molecule has 2 atom stereocenters. The third-order valence-corrected chi connectivity index (χ3v) is 1.57. The first-order chi connectivity index (χ1) is 4.63. The van der Waals surface area contributed by atoms with Crippen molar-refractivity contribution < 1.29 is 13.9 Å². The molecule has 0 aliphatic carbocycles. The molecular weight excluding hydrogens is 140 g/mol. The summed E-state index contributed by atoms with van der Waals surface area (Å²) >= 11 is 0. The summed E-state index contributed by atoms with van der Waals surface area (Å²) in [5, 5.41) is 8.76. The number of hydrogen-bond acceptors (Lipinski definition) is 2. The molecule has 0 fully saturated rings. The Kier molecular flexibility index (Phi) is 4.47. The number of halogens is 2. The highest BCUT2D eigenvalue weighted by atomic mass is 19.3. The second-order valence-electron chi connectivity index (χ2n) is 2.23. The van der Waals surface area contributed by atoms with Crippen LogP contribution in [-0.2, 0) is 0 Å². The van der Waals surface area contributed by atoms with Gasteiger partial charge >= 0.3 is 0 Å². The number of alkyl halides is 2. The van der Waals surface area contributed by atoms with Gasteiger partial charge in [0.2, 0.25) is 0 Å². The number of rotatable bonds is 4. The molecule has 0 aromatic rings. The minimum atomic E-state index is -2.67. The predicted molar refractivity (Wildman–Crippen MR) is 34.8 cm³/mol. The molecule has 2 nitrogen and oxygen atoms in total. The second-order valence-corrected chi connectivity index (χ2v) is 2.23. The van der Waals surface area contributed by atoms with E-state index in [-0.39, 0.29) is 6.54 Å². The molecule has 0 saturated heterocycles. The van der Waals surface area contributed by atoms with Gasteiger partial charge < -0.3 is 10.8 Å². The standard InChI is InChI=1S/C6H13F2NO/c1-2-4(3-9)5(10)6(7)8/h4-6,10H,2-3,9H2,1H3. The first-order valence-corrected chi connectivity index (χ1v) is 3.29. The first kappa shape index (κ1) is 9.78. The van der Waals surface area contributed by atoms with Gasteiger partial charge in [-0.2, -0.15) is 0 Å². The molecule has 0 aliphatic rings. The van der Waals surface area contributed by atoms with Crippen molar-refractivity contribution in [1.29, 1.82) is 0 Å². The quantitative estimate of drug-likeness (QED) is 0.621. The summed E-state index contributed by atoms with van der Waals surface area (Å²) in [6.45, 7) is 1.84. The lowest BCUT2D eigenvalue weighted by Crippen LogP contribution is -2.32. The molecule has 4 heteroatoms. The highest BCUT2D eigenvalue weighted by Crippen LogP contribution is 2.13. The number of aliphatic hydroxyl groups is 1. The van der Waals surface area contributed by atoms with Crippen LogP contribution in [0, 0.1) is 5.92 Å². The van der Waals surface area contributed by atoms with Crippen LogP contribution in [0.15, 0.2) is 0 Å². The molecule has 0 heterocycles. The molecule has 10 heavy (non-hydrogen) atoms. The van der Waals surface area contributed by atoms with E-state index in [2.05, 4.69) is 0 Å². The van der Waals surface area contributed by atoms with E-state index in [0.717, 1.165) is 0 Å². The van der Waals surface area contributed by atoms with Crippen molar-refractivity contribution in [2.75, 3.05) is 6.54 Å². The second kappa shape index (κ2) is 4.57. The van der Waals surface area contributed by atoms with Crippen LogP contribution in [0.25, 0.3) is 0 Å². The Morgan fingerprint density at radius 3 is 2.10 bits per heavy atom. The number of aliphatic hydroxyl groups excluding tert-OH is 1. The molecule has 2 unspecified atom stereocenters. The Morgan fingerprint density at radius 2 is 2.00 bits per heavy atom. The van der Waals surface area contributed by atoms with Crippen LogP contribution in [0.3, 0.4) is 0 Å². The Morgan fingerprint density at radius 1 is 1.50 bits per heavy atom. The number of nitrogens with two attached hydrogens (primary N) is 1. The van der Waals surface area contributed by atoms with Crippen LogP contribution in [0.1, 0.15) is 13.3 Å². The fourth-order valence-corrected chi connectivity index (χ4v) is 0.753. The Bertz CT molecular complexity index is 85.8. The lowest BCUT2D eigenvalue weighted by molar-refractivity contribution is -0.0373. The maximum atomic E-state index is 11.7. The van der Waals surface area contributed by atoms with Gasteiger partial charge in [-0.15, -0.1) is 0 Å². The maximum absolute atomic E-state index is 11.7.